The maximum atomic E-state index is 13.3. The van der Waals surface area contributed by atoms with Crippen LogP contribution < -0.4 is 15.6 Å². The van der Waals surface area contributed by atoms with Crippen LogP contribution in [0.3, 0.4) is 0 Å². The Morgan fingerprint density at radius 3 is 2.42 bits per heavy atom. The van der Waals surface area contributed by atoms with Crippen LogP contribution in [-0.2, 0) is 22.5 Å². The first-order valence-corrected chi connectivity index (χ1v) is 12.2. The van der Waals surface area contributed by atoms with Crippen molar-refractivity contribution in [2.45, 2.75) is 26.3 Å². The number of hydrogen-bond donors (Lipinski definition) is 1. The number of anilines is 2. The molecule has 2 aromatic carbocycles. The lowest BCUT2D eigenvalue weighted by Crippen LogP contribution is -2.28. The third kappa shape index (κ3) is 6.63. The Hall–Kier alpha value is -4.50. The second-order valence-electron chi connectivity index (χ2n) is 8.31. The molecule has 194 valence electrons. The van der Waals surface area contributed by atoms with E-state index in [2.05, 4.69) is 20.0 Å². The number of nitrogens with one attached hydrogen (secondary N) is 1. The molecular weight excluding hydrogens is 508 g/mol. The van der Waals surface area contributed by atoms with Gasteiger partial charge in [0.25, 0.3) is 5.56 Å². The van der Waals surface area contributed by atoms with Crippen molar-refractivity contribution < 1.29 is 19.1 Å². The summed E-state index contributed by atoms with van der Waals surface area (Å²) in [6.07, 6.45) is 3.27. The monoisotopic (exact) mass is 532 g/mol. The van der Waals surface area contributed by atoms with E-state index in [1.54, 1.807) is 49.4 Å². The molecular formula is C28H25ClN4O5. The van der Waals surface area contributed by atoms with Crippen molar-refractivity contribution in [3.05, 3.63) is 105 Å². The summed E-state index contributed by atoms with van der Waals surface area (Å²) in [5.74, 6) is 0.681. The van der Waals surface area contributed by atoms with E-state index in [4.69, 9.17) is 16.3 Å². The molecule has 0 bridgehead atoms. The van der Waals surface area contributed by atoms with Crippen LogP contribution in [0.5, 0.6) is 11.5 Å². The van der Waals surface area contributed by atoms with E-state index in [0.29, 0.717) is 40.1 Å². The average Bonchev–Trinajstić information content (AvgIpc) is 2.94. The fourth-order valence-corrected chi connectivity index (χ4v) is 3.70. The van der Waals surface area contributed by atoms with E-state index >= 15 is 0 Å². The molecule has 38 heavy (non-hydrogen) atoms. The van der Waals surface area contributed by atoms with Gasteiger partial charge in [0, 0.05) is 47.6 Å². The van der Waals surface area contributed by atoms with Gasteiger partial charge in [0.1, 0.15) is 17.3 Å². The number of methoxy groups -OCH3 is 1. The predicted molar refractivity (Wildman–Crippen MR) is 143 cm³/mol. The summed E-state index contributed by atoms with van der Waals surface area (Å²) in [7, 11) is 1.28. The molecule has 2 heterocycles. The molecule has 0 aliphatic heterocycles. The number of halogens is 1. The van der Waals surface area contributed by atoms with Crippen molar-refractivity contribution in [1.29, 1.82) is 0 Å². The van der Waals surface area contributed by atoms with E-state index in [1.807, 2.05) is 12.1 Å². The Balaban J connectivity index is 1.57. The van der Waals surface area contributed by atoms with Crippen LogP contribution in [0.4, 0.5) is 11.6 Å². The third-order valence-electron chi connectivity index (χ3n) is 5.63. The smallest absolute Gasteiger partial charge is 0.356 e. The van der Waals surface area contributed by atoms with Gasteiger partial charge in [-0.25, -0.2) is 14.8 Å². The highest BCUT2D eigenvalue weighted by atomic mass is 35.5. The molecule has 9 nitrogen and oxygen atoms in total. The highest BCUT2D eigenvalue weighted by Crippen LogP contribution is 2.25. The number of benzene rings is 2. The molecule has 4 rings (SSSR count). The number of ketones is 1. The van der Waals surface area contributed by atoms with Gasteiger partial charge < -0.3 is 14.8 Å². The largest absolute Gasteiger partial charge is 0.464 e. The first-order chi connectivity index (χ1) is 18.4. The number of Topliss-reactive ketones (excluding diaryl/α,β-unsaturated/α-hetero) is 1. The lowest BCUT2D eigenvalue weighted by atomic mass is 10.1. The number of pyridine rings is 1. The fraction of sp³-hybridized carbons (Fsp3) is 0.179. The molecule has 0 unspecified atom stereocenters. The van der Waals surface area contributed by atoms with E-state index in [0.717, 1.165) is 5.56 Å². The van der Waals surface area contributed by atoms with Crippen molar-refractivity contribution in [2.75, 3.05) is 12.4 Å². The quantitative estimate of drug-likeness (QED) is 0.278. The molecule has 0 spiro atoms. The van der Waals surface area contributed by atoms with Crippen LogP contribution in [0.15, 0.2) is 77.9 Å². The Labute approximate surface area is 224 Å². The summed E-state index contributed by atoms with van der Waals surface area (Å²) in [6, 6.07) is 17.3. The van der Waals surface area contributed by atoms with Gasteiger partial charge in [0.15, 0.2) is 5.69 Å². The third-order valence-corrected chi connectivity index (χ3v) is 5.88. The number of aromatic nitrogens is 3. The van der Waals surface area contributed by atoms with Gasteiger partial charge in [-0.3, -0.25) is 14.2 Å². The van der Waals surface area contributed by atoms with Crippen LogP contribution in [0.25, 0.3) is 0 Å². The van der Waals surface area contributed by atoms with Gasteiger partial charge in [-0.1, -0.05) is 30.7 Å². The Kier molecular flexibility index (Phi) is 8.50. The highest BCUT2D eigenvalue weighted by molar-refractivity contribution is 6.30. The first kappa shape index (κ1) is 26.6. The summed E-state index contributed by atoms with van der Waals surface area (Å²) in [5, 5.41) is 3.77. The fourth-order valence-electron chi connectivity index (χ4n) is 3.57. The number of nitrogens with zero attached hydrogens (tertiary/aromatic N) is 3. The zero-order valence-electron chi connectivity index (χ0n) is 20.8. The highest BCUT2D eigenvalue weighted by Gasteiger charge is 2.14. The second-order valence-corrected chi connectivity index (χ2v) is 8.75. The van der Waals surface area contributed by atoms with Crippen molar-refractivity contribution in [3.8, 4) is 11.5 Å². The first-order valence-electron chi connectivity index (χ1n) is 11.8. The maximum Gasteiger partial charge on any atom is 0.356 e. The molecule has 0 amide bonds. The summed E-state index contributed by atoms with van der Waals surface area (Å²) < 4.78 is 12.0. The molecule has 0 aliphatic carbocycles. The lowest BCUT2D eigenvalue weighted by molar-refractivity contribution is -0.118. The molecule has 2 aromatic heterocycles. The van der Waals surface area contributed by atoms with Crippen LogP contribution >= 0.6 is 11.6 Å². The van der Waals surface area contributed by atoms with Gasteiger partial charge in [0.2, 0.25) is 5.95 Å². The van der Waals surface area contributed by atoms with Crippen molar-refractivity contribution >= 4 is 35.0 Å². The zero-order chi connectivity index (χ0) is 27.1. The number of esters is 1. The molecule has 0 atom stereocenters. The molecule has 4 aromatic rings. The second kappa shape index (κ2) is 12.2. The molecule has 0 saturated heterocycles. The van der Waals surface area contributed by atoms with Gasteiger partial charge in [-0.2, -0.15) is 0 Å². The number of rotatable bonds is 10. The van der Waals surface area contributed by atoms with E-state index in [-0.39, 0.29) is 30.0 Å². The molecule has 0 fully saturated rings. The van der Waals surface area contributed by atoms with Crippen LogP contribution in [0.1, 0.15) is 35.0 Å². The number of carbonyl (C=O) groups excluding carboxylic acids is 2. The molecule has 0 saturated carbocycles. The standard InChI is InChI=1S/C28H25ClN4O5/c1-3-22(34)14-19-16-31-28(33(26(19)35)17-18-4-6-20(29)7-5-18)32-21-8-10-23(11-9-21)38-24-12-13-30-25(15-24)27(36)37-2/h4-13,15-16H,3,14,17H2,1-2H3,(H,31,32). The Bertz CT molecular complexity index is 1500. The summed E-state index contributed by atoms with van der Waals surface area (Å²) in [5.41, 5.74) is 1.70. The zero-order valence-corrected chi connectivity index (χ0v) is 21.6. The number of hydrogen-bond acceptors (Lipinski definition) is 8. The minimum absolute atomic E-state index is 0.0297. The average molecular weight is 533 g/mol. The van der Waals surface area contributed by atoms with E-state index < -0.39 is 5.97 Å². The van der Waals surface area contributed by atoms with Crippen LogP contribution in [0.2, 0.25) is 5.02 Å². The Morgan fingerprint density at radius 1 is 1.00 bits per heavy atom. The van der Waals surface area contributed by atoms with Gasteiger partial charge in [0.05, 0.1) is 13.7 Å². The minimum Gasteiger partial charge on any atom is -0.464 e. The summed E-state index contributed by atoms with van der Waals surface area (Å²) in [4.78, 5) is 45.4. The SMILES string of the molecule is CCC(=O)Cc1cnc(Nc2ccc(Oc3ccnc(C(=O)OC)c3)cc2)n(Cc2ccc(Cl)cc2)c1=O. The normalized spacial score (nSPS) is 10.6. The maximum absolute atomic E-state index is 13.3. The van der Waals surface area contributed by atoms with Gasteiger partial charge in [-0.15, -0.1) is 0 Å². The van der Waals surface area contributed by atoms with Crippen molar-refractivity contribution in [2.24, 2.45) is 0 Å². The molecule has 1 N–H and O–H groups in total. The van der Waals surface area contributed by atoms with Crippen molar-refractivity contribution in [1.82, 2.24) is 14.5 Å². The molecule has 10 heteroatoms. The Morgan fingerprint density at radius 2 is 1.74 bits per heavy atom. The van der Waals surface area contributed by atoms with Crippen LogP contribution in [0, 0.1) is 0 Å². The summed E-state index contributed by atoms with van der Waals surface area (Å²) in [6.45, 7) is 2.00. The van der Waals surface area contributed by atoms with E-state index in [9.17, 15) is 14.4 Å². The predicted octanol–water partition coefficient (Wildman–Crippen LogP) is 5.18. The van der Waals surface area contributed by atoms with Crippen molar-refractivity contribution in [3.63, 3.8) is 0 Å². The van der Waals surface area contributed by atoms with Gasteiger partial charge in [-0.05, 0) is 48.0 Å². The molecule has 0 aliphatic rings. The number of carbonyl (C=O) groups is 2. The lowest BCUT2D eigenvalue weighted by Gasteiger charge is -2.15. The van der Waals surface area contributed by atoms with E-state index in [1.165, 1.54) is 30.1 Å². The van der Waals surface area contributed by atoms with Gasteiger partial charge >= 0.3 is 5.97 Å². The minimum atomic E-state index is -0.558. The molecule has 0 radical (unpaired) electrons. The number of ether oxygens (including phenoxy) is 2. The summed E-state index contributed by atoms with van der Waals surface area (Å²) >= 11 is 6.01. The topological polar surface area (TPSA) is 112 Å². The van der Waals surface area contributed by atoms with Crippen LogP contribution in [-0.4, -0.2) is 33.4 Å².